The number of fused-ring (bicyclic) bond motifs is 1. The molecule has 2 aliphatic heterocycles. The molecule has 208 valence electrons. The second-order valence-corrected chi connectivity index (χ2v) is 9.77. The van der Waals surface area contributed by atoms with Crippen LogP contribution in [0.2, 0.25) is 0 Å². The van der Waals surface area contributed by atoms with Crippen molar-refractivity contribution in [1.82, 2.24) is 20.1 Å². The van der Waals surface area contributed by atoms with Crippen LogP contribution in [0.1, 0.15) is 41.9 Å². The van der Waals surface area contributed by atoms with E-state index in [1.807, 2.05) is 0 Å². The molecule has 1 atom stereocenters. The van der Waals surface area contributed by atoms with Gasteiger partial charge in [0.2, 0.25) is 5.91 Å². The lowest BCUT2D eigenvalue weighted by molar-refractivity contribution is -0.150. The van der Waals surface area contributed by atoms with E-state index in [0.29, 0.717) is 24.2 Å². The minimum atomic E-state index is -4.73. The van der Waals surface area contributed by atoms with Gasteiger partial charge in [-0.3, -0.25) is 4.79 Å². The van der Waals surface area contributed by atoms with Crippen molar-refractivity contribution >= 4 is 28.3 Å². The SMILES string of the molecule is Cc1nnc(N[C@H](C)c2cccc(C(F)F)c2)c2cc(N3CCN(C(=O)C4COC4)CC3)c(C(F)(F)F)nc12. The van der Waals surface area contributed by atoms with Crippen molar-refractivity contribution in [2.75, 3.05) is 49.6 Å². The maximum atomic E-state index is 14.2. The zero-order chi connectivity index (χ0) is 27.9. The first-order valence-electron chi connectivity index (χ1n) is 12.5. The molecule has 1 aromatic carbocycles. The summed E-state index contributed by atoms with van der Waals surface area (Å²) in [6.07, 6.45) is -7.37. The number of hydrogen-bond acceptors (Lipinski definition) is 7. The van der Waals surface area contributed by atoms with Crippen molar-refractivity contribution in [3.8, 4) is 0 Å². The Labute approximate surface area is 221 Å². The fourth-order valence-corrected chi connectivity index (χ4v) is 4.80. The normalized spacial score (nSPS) is 17.4. The number of ether oxygens (including phenoxy) is 1. The predicted octanol–water partition coefficient (Wildman–Crippen LogP) is 4.76. The van der Waals surface area contributed by atoms with Crippen molar-refractivity contribution in [1.29, 1.82) is 0 Å². The number of amides is 1. The lowest BCUT2D eigenvalue weighted by Crippen LogP contribution is -2.53. The topological polar surface area (TPSA) is 83.5 Å². The highest BCUT2D eigenvalue weighted by Crippen LogP contribution is 2.39. The summed E-state index contributed by atoms with van der Waals surface area (Å²) in [5.41, 5.74) is -0.476. The van der Waals surface area contributed by atoms with Crippen LogP contribution in [0.15, 0.2) is 30.3 Å². The van der Waals surface area contributed by atoms with Crippen LogP contribution in [0.3, 0.4) is 0 Å². The number of benzene rings is 1. The molecule has 3 aromatic rings. The van der Waals surface area contributed by atoms with E-state index in [1.54, 1.807) is 22.8 Å². The third kappa shape index (κ3) is 5.45. The molecular weight excluding hydrogens is 523 g/mol. The summed E-state index contributed by atoms with van der Waals surface area (Å²) in [5.74, 6) is -0.0501. The van der Waals surface area contributed by atoms with Gasteiger partial charge in [0.1, 0.15) is 0 Å². The number of nitrogens with one attached hydrogen (secondary N) is 1. The Hall–Kier alpha value is -3.61. The number of aryl methyl sites for hydroxylation is 1. The van der Waals surface area contributed by atoms with Crippen LogP contribution in [0.5, 0.6) is 0 Å². The Morgan fingerprint density at radius 1 is 1.08 bits per heavy atom. The first-order valence-corrected chi connectivity index (χ1v) is 12.5. The van der Waals surface area contributed by atoms with Crippen LogP contribution < -0.4 is 10.2 Å². The van der Waals surface area contributed by atoms with Gasteiger partial charge in [-0.1, -0.05) is 18.2 Å². The molecule has 0 radical (unpaired) electrons. The predicted molar refractivity (Wildman–Crippen MR) is 134 cm³/mol. The van der Waals surface area contributed by atoms with E-state index < -0.39 is 24.3 Å². The Morgan fingerprint density at radius 2 is 1.77 bits per heavy atom. The van der Waals surface area contributed by atoms with Crippen LogP contribution in [0, 0.1) is 12.8 Å². The maximum Gasteiger partial charge on any atom is 0.435 e. The van der Waals surface area contributed by atoms with Crippen LogP contribution in [0.25, 0.3) is 10.9 Å². The van der Waals surface area contributed by atoms with E-state index in [1.165, 1.54) is 31.2 Å². The molecule has 0 unspecified atom stereocenters. The van der Waals surface area contributed by atoms with Gasteiger partial charge >= 0.3 is 6.18 Å². The quantitative estimate of drug-likeness (QED) is 0.444. The molecule has 0 saturated carbocycles. The van der Waals surface area contributed by atoms with Crippen molar-refractivity contribution in [2.24, 2.45) is 5.92 Å². The molecule has 1 amide bonds. The smallest absolute Gasteiger partial charge is 0.380 e. The molecule has 2 aromatic heterocycles. The minimum Gasteiger partial charge on any atom is -0.380 e. The number of pyridine rings is 1. The summed E-state index contributed by atoms with van der Waals surface area (Å²) >= 11 is 0. The molecule has 0 spiro atoms. The fourth-order valence-electron chi connectivity index (χ4n) is 4.80. The highest BCUT2D eigenvalue weighted by molar-refractivity contribution is 5.93. The summed E-state index contributed by atoms with van der Waals surface area (Å²) in [6, 6.07) is 6.79. The molecule has 0 aliphatic carbocycles. The first kappa shape index (κ1) is 27.0. The van der Waals surface area contributed by atoms with Crippen molar-refractivity contribution < 1.29 is 31.5 Å². The van der Waals surface area contributed by atoms with Crippen LogP contribution >= 0.6 is 0 Å². The fraction of sp³-hybridized carbons (Fsp3) is 0.462. The third-order valence-electron chi connectivity index (χ3n) is 7.10. The largest absolute Gasteiger partial charge is 0.435 e. The summed E-state index contributed by atoms with van der Waals surface area (Å²) in [7, 11) is 0. The van der Waals surface area contributed by atoms with Gasteiger partial charge in [-0.15, -0.1) is 5.10 Å². The van der Waals surface area contributed by atoms with E-state index in [0.717, 1.165) is 0 Å². The average molecular weight is 551 g/mol. The number of carbonyl (C=O) groups is 1. The van der Waals surface area contributed by atoms with E-state index in [2.05, 4.69) is 20.5 Å². The van der Waals surface area contributed by atoms with Crippen molar-refractivity contribution in [2.45, 2.75) is 32.5 Å². The van der Waals surface area contributed by atoms with Crippen LogP contribution in [-0.2, 0) is 15.7 Å². The number of piperazine rings is 1. The molecule has 0 bridgehead atoms. The molecule has 4 heterocycles. The highest BCUT2D eigenvalue weighted by atomic mass is 19.4. The molecule has 1 N–H and O–H groups in total. The molecule has 39 heavy (non-hydrogen) atoms. The summed E-state index contributed by atoms with van der Waals surface area (Å²) in [5, 5.41) is 11.6. The number of aromatic nitrogens is 3. The minimum absolute atomic E-state index is 0.0379. The highest BCUT2D eigenvalue weighted by Gasteiger charge is 2.39. The summed E-state index contributed by atoms with van der Waals surface area (Å²) < 4.78 is 74.0. The maximum absolute atomic E-state index is 14.2. The van der Waals surface area contributed by atoms with Gasteiger partial charge in [0.15, 0.2) is 11.5 Å². The van der Waals surface area contributed by atoms with Gasteiger partial charge in [-0.05, 0) is 31.5 Å². The first-order chi connectivity index (χ1) is 18.5. The van der Waals surface area contributed by atoms with Gasteiger partial charge in [-0.25, -0.2) is 13.8 Å². The number of halogens is 5. The lowest BCUT2D eigenvalue weighted by Gasteiger charge is -2.39. The van der Waals surface area contributed by atoms with E-state index in [4.69, 9.17) is 4.74 Å². The molecule has 5 rings (SSSR count). The Morgan fingerprint density at radius 3 is 2.38 bits per heavy atom. The molecule has 13 heteroatoms. The molecule has 2 saturated heterocycles. The van der Waals surface area contributed by atoms with Gasteiger partial charge in [0.05, 0.1) is 42.1 Å². The summed E-state index contributed by atoms with van der Waals surface area (Å²) in [6.45, 7) is 4.96. The number of hydrogen-bond donors (Lipinski definition) is 1. The number of alkyl halides is 5. The standard InChI is InChI=1S/C26H27F5N6O2/c1-14(16-4-3-5-17(10-16)23(27)28)32-24-19-11-20(22(26(29,30)31)33-21(19)15(2)34-35-24)36-6-8-37(9-7-36)25(38)18-12-39-13-18/h3-5,10-11,14,18,23H,6-9,12-13H2,1-2H3,(H,32,35)/t14-/m1/s1. The van der Waals surface area contributed by atoms with Gasteiger partial charge in [0, 0.05) is 37.1 Å². The number of rotatable bonds is 6. The van der Waals surface area contributed by atoms with Gasteiger partial charge in [-0.2, -0.15) is 18.3 Å². The second kappa shape index (κ2) is 10.5. The molecule has 2 fully saturated rings. The zero-order valence-electron chi connectivity index (χ0n) is 21.3. The second-order valence-electron chi connectivity index (χ2n) is 9.77. The Bertz CT molecular complexity index is 1370. The van der Waals surface area contributed by atoms with Crippen molar-refractivity contribution in [3.05, 3.63) is 52.8 Å². The number of anilines is 2. The average Bonchev–Trinajstić information content (AvgIpc) is 2.88. The van der Waals surface area contributed by atoms with Crippen molar-refractivity contribution in [3.63, 3.8) is 0 Å². The van der Waals surface area contributed by atoms with E-state index in [9.17, 15) is 26.7 Å². The number of nitrogens with zero attached hydrogens (tertiary/aromatic N) is 5. The Balaban J connectivity index is 1.48. The zero-order valence-corrected chi connectivity index (χ0v) is 21.3. The molecular formula is C26H27F5N6O2. The number of carbonyl (C=O) groups excluding carboxylic acids is 1. The monoisotopic (exact) mass is 550 g/mol. The van der Waals surface area contributed by atoms with Crippen LogP contribution in [-0.4, -0.2) is 65.4 Å². The lowest BCUT2D eigenvalue weighted by atomic mass is 10.0. The van der Waals surface area contributed by atoms with Gasteiger partial charge in [0.25, 0.3) is 6.43 Å². The van der Waals surface area contributed by atoms with E-state index >= 15 is 0 Å². The van der Waals surface area contributed by atoms with Crippen LogP contribution in [0.4, 0.5) is 33.5 Å². The third-order valence-corrected chi connectivity index (χ3v) is 7.10. The Kier molecular flexibility index (Phi) is 7.27. The van der Waals surface area contributed by atoms with Gasteiger partial charge < -0.3 is 19.9 Å². The molecule has 8 nitrogen and oxygen atoms in total. The molecule has 2 aliphatic rings. The van der Waals surface area contributed by atoms with E-state index in [-0.39, 0.29) is 66.3 Å². The summed E-state index contributed by atoms with van der Waals surface area (Å²) in [4.78, 5) is 19.8.